The zero-order valence-electron chi connectivity index (χ0n) is 18.0. The molecular formula is C22H26N2O8S. The van der Waals surface area contributed by atoms with Gasteiger partial charge in [-0.15, -0.1) is 0 Å². The van der Waals surface area contributed by atoms with Gasteiger partial charge in [-0.2, -0.15) is 4.31 Å². The van der Waals surface area contributed by atoms with Crippen LogP contribution in [-0.4, -0.2) is 66.6 Å². The number of hydrogen-bond acceptors (Lipinski definition) is 8. The van der Waals surface area contributed by atoms with Gasteiger partial charge < -0.3 is 19.0 Å². The monoisotopic (exact) mass is 478 g/mol. The van der Waals surface area contributed by atoms with Crippen molar-refractivity contribution < 1.29 is 37.0 Å². The number of nitrogens with zero attached hydrogens (tertiary/aromatic N) is 2. The molecule has 2 aromatic rings. The molecule has 0 saturated carbocycles. The lowest BCUT2D eigenvalue weighted by Gasteiger charge is -2.22. The second-order valence-electron chi connectivity index (χ2n) is 8.04. The third-order valence-corrected chi connectivity index (χ3v) is 7.42. The molecule has 0 radical (unpaired) electrons. The number of amides is 1. The summed E-state index contributed by atoms with van der Waals surface area (Å²) in [7, 11) is -3.70. The summed E-state index contributed by atoms with van der Waals surface area (Å²) >= 11 is 0. The van der Waals surface area contributed by atoms with Crippen molar-refractivity contribution in [2.45, 2.75) is 49.7 Å². The minimum absolute atomic E-state index is 0.0199. The summed E-state index contributed by atoms with van der Waals surface area (Å²) in [6.45, 7) is 0.593. The number of carbonyl (C=O) groups excluding carboxylic acids is 2. The van der Waals surface area contributed by atoms with E-state index in [4.69, 9.17) is 13.9 Å². The smallest absolute Gasteiger partial charge is 0.410 e. The first-order valence-electron chi connectivity index (χ1n) is 10.8. The van der Waals surface area contributed by atoms with Crippen LogP contribution < -0.4 is 0 Å². The Morgan fingerprint density at radius 1 is 1.03 bits per heavy atom. The molecule has 2 atom stereocenters. The van der Waals surface area contributed by atoms with Crippen LogP contribution >= 0.6 is 0 Å². The maximum atomic E-state index is 12.6. The highest BCUT2D eigenvalue weighted by Gasteiger charge is 2.41. The van der Waals surface area contributed by atoms with E-state index in [0.717, 1.165) is 23.3 Å². The molecule has 0 bridgehead atoms. The summed E-state index contributed by atoms with van der Waals surface area (Å²) < 4.78 is 42.4. The van der Waals surface area contributed by atoms with E-state index in [1.165, 1.54) is 16.4 Å². The van der Waals surface area contributed by atoms with Crippen LogP contribution in [0.25, 0.3) is 0 Å². The Morgan fingerprint density at radius 2 is 1.76 bits per heavy atom. The number of sulfonamides is 1. The van der Waals surface area contributed by atoms with Gasteiger partial charge in [-0.05, 0) is 30.5 Å². The summed E-state index contributed by atoms with van der Waals surface area (Å²) in [4.78, 5) is 26.2. The van der Waals surface area contributed by atoms with E-state index in [0.29, 0.717) is 13.1 Å². The lowest BCUT2D eigenvalue weighted by Crippen LogP contribution is -2.41. The molecule has 0 unspecified atom stereocenters. The van der Waals surface area contributed by atoms with E-state index in [-0.39, 0.29) is 37.0 Å². The zero-order chi connectivity index (χ0) is 23.4. The fourth-order valence-electron chi connectivity index (χ4n) is 3.91. The molecule has 2 saturated heterocycles. The second kappa shape index (κ2) is 9.94. The number of carbonyl (C=O) groups is 2. The highest BCUT2D eigenvalue weighted by molar-refractivity contribution is 7.89. The SMILES string of the molecule is O=C(OCc1ccc(S(=O)(=O)N2CCCC2)o1)[C@@H]1C[C@@H](O)CN1C(=O)OCc1ccccc1. The van der Waals surface area contributed by atoms with Crippen molar-refractivity contribution in [2.24, 2.45) is 0 Å². The molecule has 1 N–H and O–H groups in total. The summed E-state index contributed by atoms with van der Waals surface area (Å²) in [5.74, 6) is -0.568. The second-order valence-corrected chi connectivity index (χ2v) is 9.91. The lowest BCUT2D eigenvalue weighted by atomic mass is 10.2. The van der Waals surface area contributed by atoms with Gasteiger partial charge >= 0.3 is 12.1 Å². The summed E-state index contributed by atoms with van der Waals surface area (Å²) in [6, 6.07) is 10.9. The Balaban J connectivity index is 1.33. The number of β-amino-alcohol motifs (C(OH)–C–C–N with tert-alkyl or cyclic N) is 1. The van der Waals surface area contributed by atoms with Crippen molar-refractivity contribution in [2.75, 3.05) is 19.6 Å². The third kappa shape index (κ3) is 5.37. The Hall–Kier alpha value is -2.89. The van der Waals surface area contributed by atoms with E-state index in [1.54, 1.807) is 12.1 Å². The van der Waals surface area contributed by atoms with Crippen molar-refractivity contribution in [3.8, 4) is 0 Å². The van der Waals surface area contributed by atoms with E-state index < -0.39 is 34.2 Å². The van der Waals surface area contributed by atoms with Crippen LogP contribution in [0.4, 0.5) is 4.79 Å². The van der Waals surface area contributed by atoms with E-state index in [2.05, 4.69) is 0 Å². The zero-order valence-corrected chi connectivity index (χ0v) is 18.8. The Kier molecular flexibility index (Phi) is 7.01. The van der Waals surface area contributed by atoms with Gasteiger partial charge in [-0.25, -0.2) is 18.0 Å². The van der Waals surface area contributed by atoms with Crippen LogP contribution in [0.1, 0.15) is 30.6 Å². The number of furan rings is 1. The lowest BCUT2D eigenvalue weighted by molar-refractivity contribution is -0.150. The molecule has 10 nitrogen and oxygen atoms in total. The molecule has 178 valence electrons. The minimum Gasteiger partial charge on any atom is -0.456 e. The molecule has 33 heavy (non-hydrogen) atoms. The molecule has 2 aliphatic heterocycles. The molecule has 3 heterocycles. The highest BCUT2D eigenvalue weighted by Crippen LogP contribution is 2.24. The number of aliphatic hydroxyl groups excluding tert-OH is 1. The summed E-state index contributed by atoms with van der Waals surface area (Å²) in [6.07, 6.45) is 0.0255. The molecule has 0 aliphatic carbocycles. The standard InChI is InChI=1S/C22H26N2O8S/c25-17-12-19(24(13-17)22(27)31-14-16-6-2-1-3-7-16)21(26)30-15-18-8-9-20(32-18)33(28,29)23-10-4-5-11-23/h1-3,6-9,17,19,25H,4-5,10-15H2/t17-,19+/m1/s1. The predicted octanol–water partition coefficient (Wildman–Crippen LogP) is 1.88. The normalized spacial score (nSPS) is 21.3. The number of benzene rings is 1. The molecule has 1 aromatic carbocycles. The molecule has 1 aromatic heterocycles. The topological polar surface area (TPSA) is 127 Å². The average molecular weight is 479 g/mol. The molecule has 0 spiro atoms. The molecule has 11 heteroatoms. The quantitative estimate of drug-likeness (QED) is 0.598. The van der Waals surface area contributed by atoms with Gasteiger partial charge in [-0.3, -0.25) is 4.90 Å². The number of esters is 1. The summed E-state index contributed by atoms with van der Waals surface area (Å²) in [5, 5.41) is 9.79. The Morgan fingerprint density at radius 3 is 2.48 bits per heavy atom. The van der Waals surface area contributed by atoms with Crippen molar-refractivity contribution in [3.05, 3.63) is 53.8 Å². The average Bonchev–Trinajstić information content (AvgIpc) is 3.57. The van der Waals surface area contributed by atoms with Gasteiger partial charge in [-0.1, -0.05) is 30.3 Å². The maximum absolute atomic E-state index is 12.6. The highest BCUT2D eigenvalue weighted by atomic mass is 32.2. The predicted molar refractivity (Wildman–Crippen MR) is 114 cm³/mol. The molecule has 2 fully saturated rings. The first-order valence-corrected chi connectivity index (χ1v) is 12.2. The van der Waals surface area contributed by atoms with Crippen molar-refractivity contribution in [1.29, 1.82) is 0 Å². The van der Waals surface area contributed by atoms with E-state index in [1.807, 2.05) is 18.2 Å². The number of aliphatic hydroxyl groups is 1. The van der Waals surface area contributed by atoms with Gasteiger partial charge in [0.1, 0.15) is 25.0 Å². The van der Waals surface area contributed by atoms with Crippen molar-refractivity contribution >= 4 is 22.1 Å². The van der Waals surface area contributed by atoms with Gasteiger partial charge in [0.15, 0.2) is 0 Å². The summed E-state index contributed by atoms with van der Waals surface area (Å²) in [5.41, 5.74) is 0.794. The van der Waals surface area contributed by atoms with Gasteiger partial charge in [0.25, 0.3) is 10.0 Å². The van der Waals surface area contributed by atoms with Crippen LogP contribution in [0.3, 0.4) is 0 Å². The first-order chi connectivity index (χ1) is 15.8. The van der Waals surface area contributed by atoms with Crippen LogP contribution in [0.2, 0.25) is 0 Å². The van der Waals surface area contributed by atoms with E-state index >= 15 is 0 Å². The van der Waals surface area contributed by atoms with Crippen LogP contribution in [0.5, 0.6) is 0 Å². The fraction of sp³-hybridized carbons (Fsp3) is 0.455. The fourth-order valence-corrected chi connectivity index (χ4v) is 5.36. The molecular weight excluding hydrogens is 452 g/mol. The maximum Gasteiger partial charge on any atom is 0.410 e. The van der Waals surface area contributed by atoms with Crippen LogP contribution in [-0.2, 0) is 37.5 Å². The number of likely N-dealkylation sites (tertiary alicyclic amines) is 1. The van der Waals surface area contributed by atoms with Crippen molar-refractivity contribution in [3.63, 3.8) is 0 Å². The van der Waals surface area contributed by atoms with Crippen LogP contribution in [0, 0.1) is 0 Å². The first kappa shape index (κ1) is 23.3. The van der Waals surface area contributed by atoms with Gasteiger partial charge in [0, 0.05) is 19.5 Å². The number of rotatable bonds is 7. The van der Waals surface area contributed by atoms with Crippen LogP contribution in [0.15, 0.2) is 52.0 Å². The Labute approximate surface area is 191 Å². The third-order valence-electron chi connectivity index (χ3n) is 5.64. The van der Waals surface area contributed by atoms with Gasteiger partial charge in [0.2, 0.25) is 5.09 Å². The molecule has 1 amide bonds. The van der Waals surface area contributed by atoms with Gasteiger partial charge in [0.05, 0.1) is 12.6 Å². The number of hydrogen-bond donors (Lipinski definition) is 1. The largest absolute Gasteiger partial charge is 0.456 e. The molecule has 2 aliphatic rings. The minimum atomic E-state index is -3.70. The number of ether oxygens (including phenoxy) is 2. The molecule has 4 rings (SSSR count). The Bertz CT molecular complexity index is 1080. The van der Waals surface area contributed by atoms with Crippen molar-refractivity contribution in [1.82, 2.24) is 9.21 Å². The van der Waals surface area contributed by atoms with E-state index in [9.17, 15) is 23.1 Å².